The van der Waals surface area contributed by atoms with Crippen LogP contribution in [0, 0.1) is 0 Å². The van der Waals surface area contributed by atoms with E-state index >= 15 is 0 Å². The summed E-state index contributed by atoms with van der Waals surface area (Å²) in [5, 5.41) is 11.3. The second-order valence-corrected chi connectivity index (χ2v) is 6.49. The molecule has 1 aromatic heterocycles. The fraction of sp³-hybridized carbons (Fsp3) is 0.471. The van der Waals surface area contributed by atoms with E-state index in [2.05, 4.69) is 9.88 Å². The standard InChI is InChI=1S/C17H22N2O2/c1-17(2,21)15-8-5-9-19(15)11-13-10-12-6-3-4-7-14(12)18-16(13)20/h3-4,6-7,10,15,21H,5,8-9,11H2,1-2H3,(H,18,20). The Morgan fingerprint density at radius 2 is 2.14 bits per heavy atom. The molecule has 1 aromatic carbocycles. The van der Waals surface area contributed by atoms with Gasteiger partial charge < -0.3 is 10.1 Å². The molecule has 4 nitrogen and oxygen atoms in total. The van der Waals surface area contributed by atoms with E-state index in [0.717, 1.165) is 35.9 Å². The van der Waals surface area contributed by atoms with Crippen molar-refractivity contribution >= 4 is 10.9 Å². The summed E-state index contributed by atoms with van der Waals surface area (Å²) in [5.74, 6) is 0. The van der Waals surface area contributed by atoms with E-state index in [-0.39, 0.29) is 11.6 Å². The monoisotopic (exact) mass is 286 g/mol. The minimum atomic E-state index is -0.736. The lowest BCUT2D eigenvalue weighted by atomic mass is 9.96. The lowest BCUT2D eigenvalue weighted by Gasteiger charge is -2.33. The van der Waals surface area contributed by atoms with Crippen molar-refractivity contribution in [3.8, 4) is 0 Å². The van der Waals surface area contributed by atoms with E-state index in [1.807, 2.05) is 44.2 Å². The highest BCUT2D eigenvalue weighted by Crippen LogP contribution is 2.28. The Morgan fingerprint density at radius 1 is 1.38 bits per heavy atom. The maximum atomic E-state index is 12.2. The van der Waals surface area contributed by atoms with E-state index in [0.29, 0.717) is 6.54 Å². The Morgan fingerprint density at radius 3 is 2.90 bits per heavy atom. The summed E-state index contributed by atoms with van der Waals surface area (Å²) >= 11 is 0. The number of hydrogen-bond acceptors (Lipinski definition) is 3. The van der Waals surface area contributed by atoms with Crippen molar-refractivity contribution in [2.75, 3.05) is 6.54 Å². The Bertz CT molecular complexity index is 700. The van der Waals surface area contributed by atoms with Crippen LogP contribution >= 0.6 is 0 Å². The molecule has 1 saturated heterocycles. The van der Waals surface area contributed by atoms with Crippen LogP contribution in [0.15, 0.2) is 35.1 Å². The van der Waals surface area contributed by atoms with Crippen LogP contribution in [0.2, 0.25) is 0 Å². The van der Waals surface area contributed by atoms with Crippen LogP contribution in [-0.2, 0) is 6.54 Å². The topological polar surface area (TPSA) is 56.3 Å². The minimum Gasteiger partial charge on any atom is -0.389 e. The number of H-pyrrole nitrogens is 1. The van der Waals surface area contributed by atoms with Gasteiger partial charge in [0.1, 0.15) is 0 Å². The average molecular weight is 286 g/mol. The zero-order valence-electron chi connectivity index (χ0n) is 12.6. The summed E-state index contributed by atoms with van der Waals surface area (Å²) < 4.78 is 0. The summed E-state index contributed by atoms with van der Waals surface area (Å²) in [6.07, 6.45) is 2.05. The second kappa shape index (κ2) is 5.28. The number of pyridine rings is 1. The molecule has 1 fully saturated rings. The van der Waals surface area contributed by atoms with Crippen molar-refractivity contribution < 1.29 is 5.11 Å². The first-order valence-corrected chi connectivity index (χ1v) is 7.52. The van der Waals surface area contributed by atoms with Crippen LogP contribution in [-0.4, -0.2) is 33.2 Å². The molecular formula is C17H22N2O2. The molecule has 2 N–H and O–H groups in total. The van der Waals surface area contributed by atoms with Gasteiger partial charge in [0, 0.05) is 23.7 Å². The number of aromatic nitrogens is 1. The van der Waals surface area contributed by atoms with Gasteiger partial charge in [-0.25, -0.2) is 0 Å². The second-order valence-electron chi connectivity index (χ2n) is 6.49. The molecule has 1 unspecified atom stereocenters. The van der Waals surface area contributed by atoms with E-state index in [4.69, 9.17) is 0 Å². The summed E-state index contributed by atoms with van der Waals surface area (Å²) in [6.45, 7) is 5.22. The molecule has 0 aliphatic carbocycles. The highest BCUT2D eigenvalue weighted by molar-refractivity contribution is 5.78. The number of hydrogen-bond donors (Lipinski definition) is 2. The smallest absolute Gasteiger partial charge is 0.252 e. The molecule has 1 atom stereocenters. The molecule has 4 heteroatoms. The lowest BCUT2D eigenvalue weighted by molar-refractivity contribution is -0.00512. The van der Waals surface area contributed by atoms with Gasteiger partial charge in [-0.15, -0.1) is 0 Å². The van der Waals surface area contributed by atoms with Gasteiger partial charge in [-0.3, -0.25) is 9.69 Å². The first-order valence-electron chi connectivity index (χ1n) is 7.52. The molecule has 1 aliphatic heterocycles. The summed E-state index contributed by atoms with van der Waals surface area (Å²) in [6, 6.07) is 9.89. The zero-order valence-corrected chi connectivity index (χ0v) is 12.6. The molecule has 0 spiro atoms. The van der Waals surface area contributed by atoms with Crippen molar-refractivity contribution in [3.05, 3.63) is 46.2 Å². The molecule has 0 radical (unpaired) electrons. The Balaban J connectivity index is 1.91. The van der Waals surface area contributed by atoms with E-state index < -0.39 is 5.60 Å². The Hall–Kier alpha value is -1.65. The third kappa shape index (κ3) is 2.87. The fourth-order valence-electron chi connectivity index (χ4n) is 3.34. The predicted octanol–water partition coefficient (Wildman–Crippen LogP) is 2.26. The van der Waals surface area contributed by atoms with E-state index in [9.17, 15) is 9.90 Å². The summed E-state index contributed by atoms with van der Waals surface area (Å²) in [4.78, 5) is 17.4. The predicted molar refractivity (Wildman–Crippen MR) is 84.3 cm³/mol. The SMILES string of the molecule is CC(C)(O)C1CCCN1Cc1cc2ccccc2[nH]c1=O. The molecule has 1 aliphatic rings. The minimum absolute atomic E-state index is 0.0323. The van der Waals surface area contributed by atoms with Crippen LogP contribution < -0.4 is 5.56 Å². The first kappa shape index (κ1) is 14.3. The van der Waals surface area contributed by atoms with Gasteiger partial charge in [-0.1, -0.05) is 18.2 Å². The van der Waals surface area contributed by atoms with Crippen LogP contribution in [0.1, 0.15) is 32.3 Å². The Labute approximate surface area is 124 Å². The third-order valence-electron chi connectivity index (χ3n) is 4.38. The largest absolute Gasteiger partial charge is 0.389 e. The lowest BCUT2D eigenvalue weighted by Crippen LogP contribution is -2.45. The summed E-state index contributed by atoms with van der Waals surface area (Å²) in [5.41, 5.74) is 0.867. The molecule has 0 bridgehead atoms. The quantitative estimate of drug-likeness (QED) is 0.910. The van der Waals surface area contributed by atoms with Gasteiger partial charge in [0.15, 0.2) is 0 Å². The van der Waals surface area contributed by atoms with E-state index in [1.54, 1.807) is 0 Å². The number of nitrogens with zero attached hydrogens (tertiary/aromatic N) is 1. The van der Waals surface area contributed by atoms with Crippen molar-refractivity contribution in [3.63, 3.8) is 0 Å². The summed E-state index contributed by atoms with van der Waals surface area (Å²) in [7, 11) is 0. The van der Waals surface area contributed by atoms with Gasteiger partial charge >= 0.3 is 0 Å². The maximum absolute atomic E-state index is 12.2. The van der Waals surface area contributed by atoms with Crippen LogP contribution in [0.25, 0.3) is 10.9 Å². The van der Waals surface area contributed by atoms with Crippen molar-refractivity contribution in [2.45, 2.75) is 44.9 Å². The molecule has 0 amide bonds. The fourth-order valence-corrected chi connectivity index (χ4v) is 3.34. The molecule has 112 valence electrons. The molecule has 3 rings (SSSR count). The van der Waals surface area contributed by atoms with Crippen LogP contribution in [0.4, 0.5) is 0 Å². The number of likely N-dealkylation sites (tertiary alicyclic amines) is 1. The average Bonchev–Trinajstić information content (AvgIpc) is 2.88. The normalized spacial score (nSPS) is 20.2. The molecule has 2 heterocycles. The molecule has 21 heavy (non-hydrogen) atoms. The molecule has 0 saturated carbocycles. The number of para-hydroxylation sites is 1. The molecule has 2 aromatic rings. The first-order chi connectivity index (χ1) is 9.95. The van der Waals surface area contributed by atoms with Crippen LogP contribution in [0.3, 0.4) is 0 Å². The number of fused-ring (bicyclic) bond motifs is 1. The van der Waals surface area contributed by atoms with Crippen molar-refractivity contribution in [1.82, 2.24) is 9.88 Å². The van der Waals surface area contributed by atoms with Gasteiger partial charge in [-0.05, 0) is 50.8 Å². The van der Waals surface area contributed by atoms with Crippen molar-refractivity contribution in [1.29, 1.82) is 0 Å². The third-order valence-corrected chi connectivity index (χ3v) is 4.38. The van der Waals surface area contributed by atoms with Crippen LogP contribution in [0.5, 0.6) is 0 Å². The maximum Gasteiger partial charge on any atom is 0.252 e. The number of aliphatic hydroxyl groups is 1. The zero-order chi connectivity index (χ0) is 15.0. The highest BCUT2D eigenvalue weighted by atomic mass is 16.3. The number of nitrogens with one attached hydrogen (secondary N) is 1. The highest BCUT2D eigenvalue weighted by Gasteiger charge is 2.35. The molecular weight excluding hydrogens is 264 g/mol. The van der Waals surface area contributed by atoms with Gasteiger partial charge in [0.2, 0.25) is 0 Å². The number of rotatable bonds is 3. The van der Waals surface area contributed by atoms with E-state index in [1.165, 1.54) is 0 Å². The Kier molecular flexibility index (Phi) is 3.59. The number of aromatic amines is 1. The van der Waals surface area contributed by atoms with Gasteiger partial charge in [-0.2, -0.15) is 0 Å². The number of benzene rings is 1. The van der Waals surface area contributed by atoms with Gasteiger partial charge in [0.25, 0.3) is 5.56 Å². The van der Waals surface area contributed by atoms with Crippen molar-refractivity contribution in [2.24, 2.45) is 0 Å². The van der Waals surface area contributed by atoms with Gasteiger partial charge in [0.05, 0.1) is 5.60 Å².